The van der Waals surface area contributed by atoms with Crippen molar-refractivity contribution in [3.05, 3.63) is 36.0 Å². The predicted octanol–water partition coefficient (Wildman–Crippen LogP) is 3.41. The summed E-state index contributed by atoms with van der Waals surface area (Å²) in [5, 5.41) is 4.92. The van der Waals surface area contributed by atoms with Gasteiger partial charge in [0.15, 0.2) is 0 Å². The van der Waals surface area contributed by atoms with E-state index in [-0.39, 0.29) is 0 Å². The monoisotopic (exact) mass is 262 g/mol. The Labute approximate surface area is 114 Å². The van der Waals surface area contributed by atoms with Crippen molar-refractivity contribution in [3.8, 4) is 0 Å². The molecule has 2 aromatic rings. The number of fused-ring (bicyclic) bond motifs is 1. The topological polar surface area (TPSA) is 17.0 Å². The number of unbranched alkanes of at least 4 members (excludes halogenated alkanes) is 1. The van der Waals surface area contributed by atoms with E-state index >= 15 is 0 Å². The summed E-state index contributed by atoms with van der Waals surface area (Å²) in [6.07, 6.45) is 6.98. The van der Waals surface area contributed by atoms with E-state index < -0.39 is 0 Å². The van der Waals surface area contributed by atoms with Crippen molar-refractivity contribution in [2.75, 3.05) is 18.6 Å². The van der Waals surface area contributed by atoms with Crippen molar-refractivity contribution in [2.24, 2.45) is 7.05 Å². The van der Waals surface area contributed by atoms with Gasteiger partial charge in [-0.3, -0.25) is 0 Å². The lowest BCUT2D eigenvalue weighted by Crippen LogP contribution is -2.14. The smallest absolute Gasteiger partial charge is 0.0481 e. The lowest BCUT2D eigenvalue weighted by molar-refractivity contribution is 0.645. The average molecular weight is 262 g/mol. The van der Waals surface area contributed by atoms with Crippen LogP contribution in [0.15, 0.2) is 30.5 Å². The van der Waals surface area contributed by atoms with Gasteiger partial charge in [0.25, 0.3) is 0 Å². The molecule has 18 heavy (non-hydrogen) atoms. The largest absolute Gasteiger partial charge is 0.350 e. The fraction of sp³-hybridized carbons (Fsp3) is 0.467. The Morgan fingerprint density at radius 1 is 1.22 bits per heavy atom. The van der Waals surface area contributed by atoms with Crippen molar-refractivity contribution >= 4 is 22.7 Å². The third-order valence-corrected chi connectivity index (χ3v) is 3.94. The molecule has 0 amide bonds. The van der Waals surface area contributed by atoms with Crippen LogP contribution in [0.3, 0.4) is 0 Å². The zero-order valence-electron chi connectivity index (χ0n) is 11.3. The number of nitrogens with one attached hydrogen (secondary N) is 1. The Morgan fingerprint density at radius 3 is 2.89 bits per heavy atom. The zero-order valence-corrected chi connectivity index (χ0v) is 12.1. The first-order chi connectivity index (χ1) is 8.83. The number of aryl methyl sites for hydroxylation is 1. The predicted molar refractivity (Wildman–Crippen MR) is 82.2 cm³/mol. The highest BCUT2D eigenvalue weighted by Gasteiger charge is 2.04. The van der Waals surface area contributed by atoms with E-state index in [0.29, 0.717) is 0 Å². The third kappa shape index (κ3) is 3.30. The molecule has 0 fully saturated rings. The highest BCUT2D eigenvalue weighted by atomic mass is 32.2. The SMILES string of the molecule is CSCCCCNCc1cn(C)c2ccccc12. The van der Waals surface area contributed by atoms with E-state index in [1.165, 1.54) is 35.1 Å². The number of aromatic nitrogens is 1. The average Bonchev–Trinajstić information content (AvgIpc) is 2.71. The van der Waals surface area contributed by atoms with E-state index in [0.717, 1.165) is 13.1 Å². The summed E-state index contributed by atoms with van der Waals surface area (Å²) in [5.41, 5.74) is 2.72. The maximum atomic E-state index is 3.54. The Hall–Kier alpha value is -0.930. The van der Waals surface area contributed by atoms with Crippen LogP contribution in [0.2, 0.25) is 0 Å². The number of hydrogen-bond donors (Lipinski definition) is 1. The van der Waals surface area contributed by atoms with Crippen molar-refractivity contribution in [3.63, 3.8) is 0 Å². The van der Waals surface area contributed by atoms with Gasteiger partial charge in [-0.25, -0.2) is 0 Å². The van der Waals surface area contributed by atoms with Crippen molar-refractivity contribution in [1.29, 1.82) is 0 Å². The molecule has 1 aromatic carbocycles. The molecule has 0 atom stereocenters. The summed E-state index contributed by atoms with van der Waals surface area (Å²) in [6.45, 7) is 2.09. The molecular weight excluding hydrogens is 240 g/mol. The Morgan fingerprint density at radius 2 is 2.06 bits per heavy atom. The summed E-state index contributed by atoms with van der Waals surface area (Å²) in [7, 11) is 2.12. The summed E-state index contributed by atoms with van der Waals surface area (Å²) in [5.74, 6) is 1.27. The fourth-order valence-corrected chi connectivity index (χ4v) is 2.78. The highest BCUT2D eigenvalue weighted by molar-refractivity contribution is 7.98. The second-order valence-electron chi connectivity index (χ2n) is 4.66. The van der Waals surface area contributed by atoms with E-state index in [2.05, 4.69) is 53.6 Å². The van der Waals surface area contributed by atoms with Gasteiger partial charge in [0, 0.05) is 30.7 Å². The van der Waals surface area contributed by atoms with Crippen LogP contribution in [0.25, 0.3) is 10.9 Å². The lowest BCUT2D eigenvalue weighted by Gasteiger charge is -2.03. The zero-order chi connectivity index (χ0) is 12.8. The third-order valence-electron chi connectivity index (χ3n) is 3.25. The van der Waals surface area contributed by atoms with Crippen molar-refractivity contribution in [2.45, 2.75) is 19.4 Å². The van der Waals surface area contributed by atoms with Gasteiger partial charge in [0.2, 0.25) is 0 Å². The molecule has 0 aliphatic rings. The molecule has 1 heterocycles. The van der Waals surface area contributed by atoms with Crippen LogP contribution in [0.4, 0.5) is 0 Å². The second kappa shape index (κ2) is 6.86. The molecule has 0 spiro atoms. The van der Waals surface area contributed by atoms with Gasteiger partial charge in [0.1, 0.15) is 0 Å². The second-order valence-corrected chi connectivity index (χ2v) is 5.64. The van der Waals surface area contributed by atoms with Gasteiger partial charge >= 0.3 is 0 Å². The number of thioether (sulfide) groups is 1. The van der Waals surface area contributed by atoms with Crippen LogP contribution >= 0.6 is 11.8 Å². The molecule has 3 heteroatoms. The van der Waals surface area contributed by atoms with Gasteiger partial charge < -0.3 is 9.88 Å². The molecule has 0 aliphatic carbocycles. The normalized spacial score (nSPS) is 11.2. The quantitative estimate of drug-likeness (QED) is 0.770. The summed E-state index contributed by atoms with van der Waals surface area (Å²) < 4.78 is 2.21. The number of rotatable bonds is 7. The maximum absolute atomic E-state index is 3.54. The first-order valence-electron chi connectivity index (χ1n) is 6.55. The number of nitrogens with zero attached hydrogens (tertiary/aromatic N) is 1. The summed E-state index contributed by atoms with van der Waals surface area (Å²) in [6, 6.07) is 8.60. The molecular formula is C15H22N2S. The standard InChI is InChI=1S/C15H22N2S/c1-17-12-13(11-16-9-5-6-10-18-2)14-7-3-4-8-15(14)17/h3-4,7-8,12,16H,5-6,9-11H2,1-2H3. The van der Waals surface area contributed by atoms with Gasteiger partial charge in [-0.2, -0.15) is 11.8 Å². The summed E-state index contributed by atoms with van der Waals surface area (Å²) in [4.78, 5) is 0. The van der Waals surface area contributed by atoms with E-state index in [9.17, 15) is 0 Å². The molecule has 0 bridgehead atoms. The molecule has 0 unspecified atom stereocenters. The Bertz CT molecular complexity index is 490. The van der Waals surface area contributed by atoms with Gasteiger partial charge in [0.05, 0.1) is 0 Å². The molecule has 2 rings (SSSR count). The first kappa shape index (κ1) is 13.5. The Kier molecular flexibility index (Phi) is 5.14. The molecule has 1 N–H and O–H groups in total. The maximum Gasteiger partial charge on any atom is 0.0481 e. The van der Waals surface area contributed by atoms with Crippen LogP contribution in [0.1, 0.15) is 18.4 Å². The van der Waals surface area contributed by atoms with Crippen LogP contribution in [-0.4, -0.2) is 23.1 Å². The Balaban J connectivity index is 1.88. The molecule has 1 aromatic heterocycles. The van der Waals surface area contributed by atoms with Crippen molar-refractivity contribution < 1.29 is 0 Å². The first-order valence-corrected chi connectivity index (χ1v) is 7.95. The minimum atomic E-state index is 0.973. The highest BCUT2D eigenvalue weighted by Crippen LogP contribution is 2.19. The van der Waals surface area contributed by atoms with E-state index in [1.807, 2.05) is 11.8 Å². The van der Waals surface area contributed by atoms with Crippen LogP contribution in [0.5, 0.6) is 0 Å². The summed E-state index contributed by atoms with van der Waals surface area (Å²) >= 11 is 1.93. The number of para-hydroxylation sites is 1. The van der Waals surface area contributed by atoms with Gasteiger partial charge in [-0.15, -0.1) is 0 Å². The number of benzene rings is 1. The van der Waals surface area contributed by atoms with Crippen LogP contribution < -0.4 is 5.32 Å². The van der Waals surface area contributed by atoms with Gasteiger partial charge in [-0.1, -0.05) is 18.2 Å². The van der Waals surface area contributed by atoms with Crippen molar-refractivity contribution in [1.82, 2.24) is 9.88 Å². The molecule has 0 saturated heterocycles. The minimum absolute atomic E-state index is 0.973. The van der Waals surface area contributed by atoms with Gasteiger partial charge in [-0.05, 0) is 43.0 Å². The van der Waals surface area contributed by atoms with E-state index in [1.54, 1.807) is 0 Å². The number of hydrogen-bond acceptors (Lipinski definition) is 2. The lowest BCUT2D eigenvalue weighted by atomic mass is 10.2. The van der Waals surface area contributed by atoms with Crippen LogP contribution in [-0.2, 0) is 13.6 Å². The minimum Gasteiger partial charge on any atom is -0.350 e. The van der Waals surface area contributed by atoms with Crippen LogP contribution in [0, 0.1) is 0 Å². The molecule has 98 valence electrons. The molecule has 0 saturated carbocycles. The van der Waals surface area contributed by atoms with E-state index in [4.69, 9.17) is 0 Å². The molecule has 2 nitrogen and oxygen atoms in total. The molecule has 0 aliphatic heterocycles. The molecule has 0 radical (unpaired) electrons. The fourth-order valence-electron chi connectivity index (χ4n) is 2.29.